The number of carbonyl (C=O) groups is 1. The standard InChI is InChI=1S/C7H3BrClF2NO/c8-4-1-12-6(9)5(7(10)11)3(4)2-13/h1-2,7H. The second-order valence-corrected chi connectivity index (χ2v) is 3.36. The van der Waals surface area contributed by atoms with Gasteiger partial charge in [-0.15, -0.1) is 0 Å². The van der Waals surface area contributed by atoms with Crippen molar-refractivity contribution in [1.29, 1.82) is 0 Å². The lowest BCUT2D eigenvalue weighted by Crippen LogP contribution is -1.98. The number of aromatic nitrogens is 1. The van der Waals surface area contributed by atoms with Gasteiger partial charge in [0, 0.05) is 16.2 Å². The first-order chi connectivity index (χ1) is 6.07. The van der Waals surface area contributed by atoms with Crippen molar-refractivity contribution in [1.82, 2.24) is 4.98 Å². The van der Waals surface area contributed by atoms with E-state index in [9.17, 15) is 13.6 Å². The Bertz CT molecular complexity index is 346. The number of nitrogens with zero attached hydrogens (tertiary/aromatic N) is 1. The van der Waals surface area contributed by atoms with Crippen LogP contribution in [0, 0.1) is 0 Å². The van der Waals surface area contributed by atoms with Gasteiger partial charge in [0.15, 0.2) is 6.29 Å². The maximum absolute atomic E-state index is 12.4. The van der Waals surface area contributed by atoms with Gasteiger partial charge in [0.05, 0.1) is 5.56 Å². The predicted molar refractivity (Wildman–Crippen MR) is 47.3 cm³/mol. The van der Waals surface area contributed by atoms with Crippen molar-refractivity contribution in [2.75, 3.05) is 0 Å². The Morgan fingerprint density at radius 2 is 2.23 bits per heavy atom. The Morgan fingerprint density at radius 1 is 1.62 bits per heavy atom. The van der Waals surface area contributed by atoms with Gasteiger partial charge in [-0.1, -0.05) is 11.6 Å². The lowest BCUT2D eigenvalue weighted by atomic mass is 10.2. The van der Waals surface area contributed by atoms with E-state index in [0.717, 1.165) is 0 Å². The summed E-state index contributed by atoms with van der Waals surface area (Å²) in [7, 11) is 0. The molecule has 0 bridgehead atoms. The van der Waals surface area contributed by atoms with E-state index in [1.54, 1.807) is 0 Å². The zero-order valence-corrected chi connectivity index (χ0v) is 8.44. The molecule has 1 aromatic heterocycles. The molecular weight excluding hydrogens is 267 g/mol. The largest absolute Gasteiger partial charge is 0.298 e. The number of hydrogen-bond donors (Lipinski definition) is 0. The van der Waals surface area contributed by atoms with Crippen molar-refractivity contribution in [2.24, 2.45) is 0 Å². The first-order valence-corrected chi connectivity index (χ1v) is 4.32. The molecule has 0 unspecified atom stereocenters. The van der Waals surface area contributed by atoms with E-state index in [1.165, 1.54) is 6.20 Å². The number of alkyl halides is 2. The van der Waals surface area contributed by atoms with Crippen molar-refractivity contribution >= 4 is 33.8 Å². The van der Waals surface area contributed by atoms with Gasteiger partial charge in [0.2, 0.25) is 0 Å². The van der Waals surface area contributed by atoms with Gasteiger partial charge in [-0.25, -0.2) is 13.8 Å². The monoisotopic (exact) mass is 269 g/mol. The third-order valence-corrected chi connectivity index (χ3v) is 2.33. The lowest BCUT2D eigenvalue weighted by Gasteiger charge is -2.06. The number of aldehydes is 1. The molecule has 0 saturated carbocycles. The van der Waals surface area contributed by atoms with Gasteiger partial charge in [-0.05, 0) is 15.9 Å². The Kier molecular flexibility index (Phi) is 3.33. The maximum Gasteiger partial charge on any atom is 0.267 e. The summed E-state index contributed by atoms with van der Waals surface area (Å²) in [5.74, 6) is 0. The normalized spacial score (nSPS) is 10.5. The second kappa shape index (κ2) is 4.11. The Morgan fingerprint density at radius 3 is 2.62 bits per heavy atom. The number of rotatable bonds is 2. The molecule has 13 heavy (non-hydrogen) atoms. The quantitative estimate of drug-likeness (QED) is 0.610. The van der Waals surface area contributed by atoms with Crippen molar-refractivity contribution in [2.45, 2.75) is 6.43 Å². The first-order valence-electron chi connectivity index (χ1n) is 3.15. The molecule has 6 heteroatoms. The molecule has 0 saturated heterocycles. The summed E-state index contributed by atoms with van der Waals surface area (Å²) in [5, 5.41) is -0.347. The molecule has 0 atom stereocenters. The number of carbonyl (C=O) groups excluding carboxylic acids is 1. The van der Waals surface area contributed by atoms with Crippen LogP contribution in [0.5, 0.6) is 0 Å². The summed E-state index contributed by atoms with van der Waals surface area (Å²) in [6, 6.07) is 0. The molecule has 1 aromatic rings. The molecule has 0 amide bonds. The topological polar surface area (TPSA) is 30.0 Å². The second-order valence-electron chi connectivity index (χ2n) is 2.14. The number of pyridine rings is 1. The van der Waals surface area contributed by atoms with Crippen LogP contribution in [0.3, 0.4) is 0 Å². The average Bonchev–Trinajstić information content (AvgIpc) is 2.07. The van der Waals surface area contributed by atoms with Crippen LogP contribution in [-0.2, 0) is 0 Å². The van der Waals surface area contributed by atoms with Crippen LogP contribution in [0.15, 0.2) is 10.7 Å². The van der Waals surface area contributed by atoms with Crippen LogP contribution in [-0.4, -0.2) is 11.3 Å². The van der Waals surface area contributed by atoms with Crippen LogP contribution in [0.1, 0.15) is 22.3 Å². The zero-order chi connectivity index (χ0) is 10.0. The fraction of sp³-hybridized carbons (Fsp3) is 0.143. The van der Waals surface area contributed by atoms with Crippen LogP contribution in [0.2, 0.25) is 5.15 Å². The highest BCUT2D eigenvalue weighted by molar-refractivity contribution is 9.10. The van der Waals surface area contributed by atoms with Crippen LogP contribution in [0.4, 0.5) is 8.78 Å². The molecule has 0 aliphatic carbocycles. The molecule has 1 heterocycles. The molecule has 0 aromatic carbocycles. The van der Waals surface area contributed by atoms with Crippen molar-refractivity contribution in [3.05, 3.63) is 26.9 Å². The Hall–Kier alpha value is -0.550. The Balaban J connectivity index is 3.43. The summed E-state index contributed by atoms with van der Waals surface area (Å²) in [6.07, 6.45) is -1.28. The maximum atomic E-state index is 12.4. The molecule has 0 N–H and O–H groups in total. The van der Waals surface area contributed by atoms with Crippen molar-refractivity contribution < 1.29 is 13.6 Å². The van der Waals surface area contributed by atoms with Gasteiger partial charge in [-0.3, -0.25) is 4.79 Å². The third kappa shape index (κ3) is 2.03. The SMILES string of the molecule is O=Cc1c(Br)cnc(Cl)c1C(F)F. The van der Waals surface area contributed by atoms with Crippen molar-refractivity contribution in [3.63, 3.8) is 0 Å². The molecule has 2 nitrogen and oxygen atoms in total. The zero-order valence-electron chi connectivity index (χ0n) is 6.10. The number of hydrogen-bond acceptors (Lipinski definition) is 2. The van der Waals surface area contributed by atoms with Gasteiger partial charge < -0.3 is 0 Å². The minimum atomic E-state index is -2.81. The minimum absolute atomic E-state index is 0.157. The van der Waals surface area contributed by atoms with Crippen LogP contribution in [0.25, 0.3) is 0 Å². The summed E-state index contributed by atoms with van der Waals surface area (Å²) >= 11 is 8.33. The molecular formula is C7H3BrClF2NO. The van der Waals surface area contributed by atoms with Crippen LogP contribution < -0.4 is 0 Å². The van der Waals surface area contributed by atoms with E-state index < -0.39 is 12.0 Å². The highest BCUT2D eigenvalue weighted by atomic mass is 79.9. The number of halogens is 4. The van der Waals surface area contributed by atoms with Gasteiger partial charge >= 0.3 is 0 Å². The first kappa shape index (κ1) is 10.5. The molecule has 70 valence electrons. The molecule has 0 aliphatic heterocycles. The van der Waals surface area contributed by atoms with E-state index >= 15 is 0 Å². The van der Waals surface area contributed by atoms with Crippen LogP contribution >= 0.6 is 27.5 Å². The van der Waals surface area contributed by atoms with Gasteiger partial charge in [0.25, 0.3) is 6.43 Å². The van der Waals surface area contributed by atoms with E-state index in [4.69, 9.17) is 11.6 Å². The summed E-state index contributed by atoms with van der Waals surface area (Å²) < 4.78 is 24.9. The van der Waals surface area contributed by atoms with E-state index in [-0.39, 0.29) is 15.2 Å². The molecule has 0 fully saturated rings. The summed E-state index contributed by atoms with van der Waals surface area (Å²) in [4.78, 5) is 13.9. The van der Waals surface area contributed by atoms with E-state index in [1.807, 2.05) is 0 Å². The fourth-order valence-electron chi connectivity index (χ4n) is 0.820. The van der Waals surface area contributed by atoms with Gasteiger partial charge in [0.1, 0.15) is 5.15 Å². The predicted octanol–water partition coefficient (Wildman–Crippen LogP) is 3.25. The third-order valence-electron chi connectivity index (χ3n) is 1.40. The summed E-state index contributed by atoms with van der Waals surface area (Å²) in [5.41, 5.74) is -0.693. The lowest BCUT2D eigenvalue weighted by molar-refractivity contribution is 0.110. The van der Waals surface area contributed by atoms with Gasteiger partial charge in [-0.2, -0.15) is 0 Å². The highest BCUT2D eigenvalue weighted by Gasteiger charge is 2.19. The molecule has 1 rings (SSSR count). The smallest absolute Gasteiger partial charge is 0.267 e. The molecule has 0 spiro atoms. The Labute approximate surface area is 86.0 Å². The molecule has 0 aliphatic rings. The summed E-state index contributed by atoms with van der Waals surface area (Å²) in [6.45, 7) is 0. The van der Waals surface area contributed by atoms with E-state index in [2.05, 4.69) is 20.9 Å². The van der Waals surface area contributed by atoms with Crippen molar-refractivity contribution in [3.8, 4) is 0 Å². The average molecular weight is 270 g/mol. The fourth-order valence-corrected chi connectivity index (χ4v) is 1.46. The highest BCUT2D eigenvalue weighted by Crippen LogP contribution is 2.31. The minimum Gasteiger partial charge on any atom is -0.298 e. The van der Waals surface area contributed by atoms with E-state index in [0.29, 0.717) is 6.29 Å². The molecule has 0 radical (unpaired) electrons.